The van der Waals surface area contributed by atoms with Crippen molar-refractivity contribution in [2.24, 2.45) is 0 Å². The molecule has 5 nitrogen and oxygen atoms in total. The molecule has 21 heavy (non-hydrogen) atoms. The van der Waals surface area contributed by atoms with Crippen LogP contribution in [-0.4, -0.2) is 50.3 Å². The lowest BCUT2D eigenvalue weighted by molar-refractivity contribution is -0.0440. The number of ether oxygens (including phenoxy) is 1. The molecule has 0 amide bonds. The van der Waals surface area contributed by atoms with Crippen molar-refractivity contribution < 1.29 is 13.2 Å². The summed E-state index contributed by atoms with van der Waals surface area (Å²) in [5.74, 6) is 0.127. The van der Waals surface area contributed by atoms with Gasteiger partial charge in [-0.05, 0) is 32.2 Å². The molecule has 1 aromatic heterocycles. The monoisotopic (exact) mass is 332 g/mol. The number of sulfonamides is 1. The first kappa shape index (κ1) is 16.9. The van der Waals surface area contributed by atoms with Crippen LogP contribution >= 0.6 is 11.3 Å². The highest BCUT2D eigenvalue weighted by Gasteiger charge is 2.30. The fraction of sp³-hybridized carbons (Fsp3) is 0.714. The number of hydrogen-bond acceptors (Lipinski definition) is 5. The Balaban J connectivity index is 1.84. The SMILES string of the molecule is CC1CN(S(=O)(=O)CCNC(C)c2cccs2)CC(C)O1. The third-order valence-electron chi connectivity index (χ3n) is 3.56. The van der Waals surface area contributed by atoms with Crippen LogP contribution in [0.15, 0.2) is 17.5 Å². The van der Waals surface area contributed by atoms with Gasteiger partial charge in [-0.1, -0.05) is 6.07 Å². The number of nitrogens with zero attached hydrogens (tertiary/aromatic N) is 1. The fourth-order valence-corrected chi connectivity index (χ4v) is 4.80. The molecule has 1 saturated heterocycles. The van der Waals surface area contributed by atoms with Gasteiger partial charge in [0.25, 0.3) is 0 Å². The number of hydrogen-bond donors (Lipinski definition) is 1. The van der Waals surface area contributed by atoms with Crippen molar-refractivity contribution in [1.82, 2.24) is 9.62 Å². The predicted octanol–water partition coefficient (Wildman–Crippen LogP) is 1.84. The molecule has 3 unspecified atom stereocenters. The van der Waals surface area contributed by atoms with E-state index in [-0.39, 0.29) is 24.0 Å². The molecule has 0 saturated carbocycles. The van der Waals surface area contributed by atoms with Crippen LogP contribution in [0, 0.1) is 0 Å². The van der Waals surface area contributed by atoms with Crippen molar-refractivity contribution in [3.8, 4) is 0 Å². The van der Waals surface area contributed by atoms with Gasteiger partial charge >= 0.3 is 0 Å². The molecule has 3 atom stereocenters. The first-order chi connectivity index (χ1) is 9.88. The zero-order valence-corrected chi connectivity index (χ0v) is 14.4. The Bertz CT molecular complexity index is 520. The van der Waals surface area contributed by atoms with E-state index in [0.29, 0.717) is 19.6 Å². The maximum atomic E-state index is 12.4. The first-order valence-corrected chi connectivity index (χ1v) is 9.77. The second kappa shape index (κ2) is 7.19. The summed E-state index contributed by atoms with van der Waals surface area (Å²) >= 11 is 1.68. The average Bonchev–Trinajstić information content (AvgIpc) is 2.91. The zero-order chi connectivity index (χ0) is 15.5. The topological polar surface area (TPSA) is 58.6 Å². The summed E-state index contributed by atoms with van der Waals surface area (Å²) in [6.07, 6.45) is -0.0805. The highest BCUT2D eigenvalue weighted by atomic mass is 32.2. The first-order valence-electron chi connectivity index (χ1n) is 7.28. The van der Waals surface area contributed by atoms with Crippen LogP contribution in [0.3, 0.4) is 0 Å². The number of nitrogens with one attached hydrogen (secondary N) is 1. The normalized spacial score (nSPS) is 25.9. The molecule has 2 heterocycles. The van der Waals surface area contributed by atoms with Crippen molar-refractivity contribution in [3.63, 3.8) is 0 Å². The third kappa shape index (κ3) is 4.75. The van der Waals surface area contributed by atoms with Gasteiger partial charge in [0.05, 0.1) is 18.0 Å². The minimum Gasteiger partial charge on any atom is -0.373 e. The summed E-state index contributed by atoms with van der Waals surface area (Å²) in [4.78, 5) is 1.22. The van der Waals surface area contributed by atoms with E-state index in [4.69, 9.17) is 4.74 Å². The van der Waals surface area contributed by atoms with E-state index in [1.54, 1.807) is 15.6 Å². The highest BCUT2D eigenvalue weighted by Crippen LogP contribution is 2.18. The van der Waals surface area contributed by atoms with E-state index in [1.807, 2.05) is 25.3 Å². The van der Waals surface area contributed by atoms with Gasteiger partial charge in [-0.25, -0.2) is 8.42 Å². The molecule has 0 aliphatic carbocycles. The lowest BCUT2D eigenvalue weighted by Crippen LogP contribution is -2.49. The quantitative estimate of drug-likeness (QED) is 0.863. The van der Waals surface area contributed by atoms with Gasteiger partial charge in [-0.2, -0.15) is 4.31 Å². The molecule has 2 rings (SSSR count). The third-order valence-corrected chi connectivity index (χ3v) is 6.42. The van der Waals surface area contributed by atoms with Gasteiger partial charge in [0.15, 0.2) is 0 Å². The Morgan fingerprint density at radius 3 is 2.67 bits per heavy atom. The van der Waals surface area contributed by atoms with Crippen LogP contribution in [0.25, 0.3) is 0 Å². The molecular formula is C14H24N2O3S2. The summed E-state index contributed by atoms with van der Waals surface area (Å²) in [5.41, 5.74) is 0. The van der Waals surface area contributed by atoms with Crippen molar-refractivity contribution in [1.29, 1.82) is 0 Å². The summed E-state index contributed by atoms with van der Waals surface area (Å²) in [7, 11) is -3.22. The molecule has 1 aliphatic rings. The van der Waals surface area contributed by atoms with Gasteiger partial charge in [0, 0.05) is 30.6 Å². The van der Waals surface area contributed by atoms with E-state index in [2.05, 4.69) is 18.3 Å². The number of rotatable bonds is 6. The maximum Gasteiger partial charge on any atom is 0.215 e. The summed E-state index contributed by atoms with van der Waals surface area (Å²) in [6.45, 7) is 7.24. The van der Waals surface area contributed by atoms with Gasteiger partial charge in [-0.15, -0.1) is 11.3 Å². The molecule has 7 heteroatoms. The Morgan fingerprint density at radius 1 is 1.43 bits per heavy atom. The molecule has 0 aromatic carbocycles. The van der Waals surface area contributed by atoms with E-state index in [0.717, 1.165) is 0 Å². The van der Waals surface area contributed by atoms with Crippen LogP contribution in [0.5, 0.6) is 0 Å². The highest BCUT2D eigenvalue weighted by molar-refractivity contribution is 7.89. The molecule has 120 valence electrons. The Labute approximate surface area is 131 Å². The second-order valence-electron chi connectivity index (χ2n) is 5.58. The van der Waals surface area contributed by atoms with Gasteiger partial charge in [0.2, 0.25) is 10.0 Å². The zero-order valence-electron chi connectivity index (χ0n) is 12.8. The standard InChI is InChI=1S/C14H24N2O3S2/c1-11-9-16(10-12(2)19-11)21(17,18)8-6-15-13(3)14-5-4-7-20-14/h4-5,7,11-13,15H,6,8-10H2,1-3H3. The van der Waals surface area contributed by atoms with E-state index in [9.17, 15) is 8.42 Å². The lowest BCUT2D eigenvalue weighted by Gasteiger charge is -2.34. The Kier molecular flexibility index (Phi) is 5.79. The maximum absolute atomic E-state index is 12.4. The summed E-state index contributed by atoms with van der Waals surface area (Å²) < 4.78 is 31.9. The minimum atomic E-state index is -3.22. The Hall–Kier alpha value is -0.470. The van der Waals surface area contributed by atoms with Gasteiger partial charge in [-0.3, -0.25) is 0 Å². The van der Waals surface area contributed by atoms with Crippen LogP contribution in [0.2, 0.25) is 0 Å². The van der Waals surface area contributed by atoms with E-state index < -0.39 is 10.0 Å². The molecular weight excluding hydrogens is 308 g/mol. The smallest absolute Gasteiger partial charge is 0.215 e. The lowest BCUT2D eigenvalue weighted by atomic mass is 10.3. The van der Waals surface area contributed by atoms with Crippen molar-refractivity contribution in [2.45, 2.75) is 39.0 Å². The van der Waals surface area contributed by atoms with Crippen LogP contribution in [0.4, 0.5) is 0 Å². The Morgan fingerprint density at radius 2 is 2.10 bits per heavy atom. The summed E-state index contributed by atoms with van der Waals surface area (Å²) in [6, 6.07) is 4.25. The van der Waals surface area contributed by atoms with Crippen LogP contribution in [0.1, 0.15) is 31.7 Å². The van der Waals surface area contributed by atoms with Crippen molar-refractivity contribution in [3.05, 3.63) is 22.4 Å². The molecule has 0 bridgehead atoms. The van der Waals surface area contributed by atoms with Crippen LogP contribution < -0.4 is 5.32 Å². The minimum absolute atomic E-state index is 0.0403. The molecule has 1 aliphatic heterocycles. The summed E-state index contributed by atoms with van der Waals surface area (Å²) in [5, 5.41) is 5.30. The predicted molar refractivity (Wildman–Crippen MR) is 86.1 cm³/mol. The number of thiophene rings is 1. The average molecular weight is 332 g/mol. The second-order valence-corrected chi connectivity index (χ2v) is 8.65. The molecule has 1 fully saturated rings. The van der Waals surface area contributed by atoms with Crippen LogP contribution in [-0.2, 0) is 14.8 Å². The van der Waals surface area contributed by atoms with Crippen molar-refractivity contribution >= 4 is 21.4 Å². The fourth-order valence-electron chi connectivity index (χ4n) is 2.53. The molecule has 1 N–H and O–H groups in total. The largest absolute Gasteiger partial charge is 0.373 e. The molecule has 0 radical (unpaired) electrons. The molecule has 0 spiro atoms. The van der Waals surface area contributed by atoms with E-state index in [1.165, 1.54) is 4.88 Å². The van der Waals surface area contributed by atoms with Gasteiger partial charge < -0.3 is 10.1 Å². The number of morpholine rings is 1. The van der Waals surface area contributed by atoms with Gasteiger partial charge in [0.1, 0.15) is 0 Å². The molecule has 1 aromatic rings. The van der Waals surface area contributed by atoms with Crippen molar-refractivity contribution in [2.75, 3.05) is 25.4 Å². The van der Waals surface area contributed by atoms with E-state index >= 15 is 0 Å².